The van der Waals surface area contributed by atoms with Gasteiger partial charge in [-0.15, -0.1) is 0 Å². The van der Waals surface area contributed by atoms with Crippen LogP contribution in [0.5, 0.6) is 0 Å². The summed E-state index contributed by atoms with van der Waals surface area (Å²) in [4.78, 5) is 15.0. The first-order valence-electron chi connectivity index (χ1n) is 7.51. The van der Waals surface area contributed by atoms with Crippen LogP contribution in [0.4, 0.5) is 5.69 Å². The maximum absolute atomic E-state index is 12.1. The Hall–Kier alpha value is -3.43. The van der Waals surface area contributed by atoms with Gasteiger partial charge in [0.15, 0.2) is 4.77 Å². The Morgan fingerprint density at radius 1 is 1.24 bits per heavy atom. The van der Waals surface area contributed by atoms with Crippen molar-refractivity contribution < 1.29 is 4.79 Å². The number of hydrogen-bond donors (Lipinski definition) is 2. The molecule has 25 heavy (non-hydrogen) atoms. The maximum Gasteiger partial charge on any atom is 0.248 e. The summed E-state index contributed by atoms with van der Waals surface area (Å²) in [6.07, 6.45) is 6.68. The standard InChI is InChI=1S/C19H14N4OS/c20-13-15-4-1-3-14(11-15)7-8-18(24)22-16-5-2-6-17(12-16)23-10-9-21-19(23)25/h1-12H,(H,21,25)(H,22,24). The summed E-state index contributed by atoms with van der Waals surface area (Å²) in [5, 5.41) is 11.7. The first-order chi connectivity index (χ1) is 12.2. The Bertz CT molecular complexity index is 1040. The molecule has 0 unspecified atom stereocenters. The van der Waals surface area contributed by atoms with Crippen molar-refractivity contribution >= 4 is 29.9 Å². The molecule has 6 heteroatoms. The minimum absolute atomic E-state index is 0.253. The van der Waals surface area contributed by atoms with Crippen molar-refractivity contribution in [3.05, 3.63) is 82.9 Å². The van der Waals surface area contributed by atoms with E-state index in [1.807, 2.05) is 41.1 Å². The molecule has 1 heterocycles. The van der Waals surface area contributed by atoms with Crippen LogP contribution < -0.4 is 5.32 Å². The molecule has 5 nitrogen and oxygen atoms in total. The van der Waals surface area contributed by atoms with Crippen molar-refractivity contribution in [2.45, 2.75) is 0 Å². The number of aromatic amines is 1. The SMILES string of the molecule is N#Cc1cccc(C=CC(=O)Nc2cccc(-n3cc[nH]c3=S)c2)c1. The average Bonchev–Trinajstić information content (AvgIpc) is 3.06. The number of benzene rings is 2. The third-order valence-corrected chi connectivity index (χ3v) is 3.80. The quantitative estimate of drug-likeness (QED) is 0.553. The number of imidazole rings is 1. The van der Waals surface area contributed by atoms with Crippen molar-refractivity contribution in [1.82, 2.24) is 9.55 Å². The number of rotatable bonds is 4. The van der Waals surface area contributed by atoms with Crippen LogP contribution in [0, 0.1) is 16.1 Å². The maximum atomic E-state index is 12.1. The molecule has 0 fully saturated rings. The number of aromatic nitrogens is 2. The lowest BCUT2D eigenvalue weighted by Crippen LogP contribution is -2.08. The molecule has 3 rings (SSSR count). The molecule has 0 bridgehead atoms. The van der Waals surface area contributed by atoms with Crippen LogP contribution in [0.1, 0.15) is 11.1 Å². The van der Waals surface area contributed by atoms with Gasteiger partial charge in [-0.3, -0.25) is 9.36 Å². The fraction of sp³-hybridized carbons (Fsp3) is 0. The first-order valence-corrected chi connectivity index (χ1v) is 7.92. The molecule has 1 aromatic heterocycles. The summed E-state index contributed by atoms with van der Waals surface area (Å²) in [5.74, 6) is -0.253. The molecule has 0 saturated heterocycles. The average molecular weight is 346 g/mol. The van der Waals surface area contributed by atoms with Crippen molar-refractivity contribution in [3.63, 3.8) is 0 Å². The second kappa shape index (κ2) is 7.43. The summed E-state index contributed by atoms with van der Waals surface area (Å²) in [7, 11) is 0. The first kappa shape index (κ1) is 16.4. The third kappa shape index (κ3) is 4.10. The summed E-state index contributed by atoms with van der Waals surface area (Å²) in [5.41, 5.74) is 2.87. The molecule has 122 valence electrons. The number of carbonyl (C=O) groups excluding carboxylic acids is 1. The minimum atomic E-state index is -0.253. The van der Waals surface area contributed by atoms with E-state index < -0.39 is 0 Å². The highest BCUT2D eigenvalue weighted by Gasteiger charge is 2.02. The summed E-state index contributed by atoms with van der Waals surface area (Å²) < 4.78 is 2.40. The van der Waals surface area contributed by atoms with Crippen molar-refractivity contribution in [3.8, 4) is 11.8 Å². The number of H-pyrrole nitrogens is 1. The molecule has 3 aromatic rings. The molecule has 0 aliphatic rings. The molecule has 0 spiro atoms. The summed E-state index contributed by atoms with van der Waals surface area (Å²) >= 11 is 5.20. The lowest BCUT2D eigenvalue weighted by molar-refractivity contribution is -0.111. The largest absolute Gasteiger partial charge is 0.337 e. The highest BCUT2D eigenvalue weighted by atomic mass is 32.1. The fourth-order valence-electron chi connectivity index (χ4n) is 2.32. The molecule has 0 atom stereocenters. The molecule has 0 radical (unpaired) electrons. The fourth-order valence-corrected chi connectivity index (χ4v) is 2.56. The highest BCUT2D eigenvalue weighted by molar-refractivity contribution is 7.71. The second-order valence-electron chi connectivity index (χ2n) is 5.25. The molecule has 1 amide bonds. The molecule has 2 aromatic carbocycles. The van der Waals surface area contributed by atoms with Crippen LogP contribution in [0.2, 0.25) is 0 Å². The van der Waals surface area contributed by atoms with Gasteiger partial charge in [0.25, 0.3) is 0 Å². The Balaban J connectivity index is 1.73. The Kier molecular flexibility index (Phi) is 4.88. The zero-order valence-electron chi connectivity index (χ0n) is 13.1. The van der Waals surface area contributed by atoms with E-state index in [9.17, 15) is 4.79 Å². The normalized spacial score (nSPS) is 10.5. The zero-order valence-corrected chi connectivity index (χ0v) is 14.0. The van der Waals surface area contributed by atoms with Crippen LogP contribution in [0.25, 0.3) is 11.8 Å². The second-order valence-corrected chi connectivity index (χ2v) is 5.63. The third-order valence-electron chi connectivity index (χ3n) is 3.48. The van der Waals surface area contributed by atoms with E-state index in [-0.39, 0.29) is 5.91 Å². The smallest absolute Gasteiger partial charge is 0.248 e. The van der Waals surface area contributed by atoms with Crippen LogP contribution >= 0.6 is 12.2 Å². The topological polar surface area (TPSA) is 73.6 Å². The van der Waals surface area contributed by atoms with Crippen molar-refractivity contribution in [2.24, 2.45) is 0 Å². The van der Waals surface area contributed by atoms with Crippen molar-refractivity contribution in [1.29, 1.82) is 5.26 Å². The summed E-state index contributed by atoms with van der Waals surface area (Å²) in [6, 6.07) is 16.5. The predicted molar refractivity (Wildman–Crippen MR) is 99.8 cm³/mol. The van der Waals surface area contributed by atoms with Gasteiger partial charge in [0.2, 0.25) is 5.91 Å². The van der Waals surface area contributed by atoms with E-state index >= 15 is 0 Å². The molecular weight excluding hydrogens is 332 g/mol. The highest BCUT2D eigenvalue weighted by Crippen LogP contribution is 2.15. The van der Waals surface area contributed by atoms with Crippen molar-refractivity contribution in [2.75, 3.05) is 5.32 Å². The minimum Gasteiger partial charge on any atom is -0.337 e. The molecule has 0 aliphatic heterocycles. The number of nitriles is 1. The Morgan fingerprint density at radius 2 is 2.08 bits per heavy atom. The van der Waals surface area contributed by atoms with E-state index in [4.69, 9.17) is 17.5 Å². The molecule has 0 saturated carbocycles. The monoisotopic (exact) mass is 346 g/mol. The lowest BCUT2D eigenvalue weighted by Gasteiger charge is -2.06. The Labute approximate surface area is 149 Å². The number of hydrogen-bond acceptors (Lipinski definition) is 3. The van der Waals surface area contributed by atoms with Crippen LogP contribution in [-0.4, -0.2) is 15.5 Å². The van der Waals surface area contributed by atoms with Gasteiger partial charge in [0, 0.05) is 29.8 Å². The number of anilines is 1. The summed E-state index contributed by atoms with van der Waals surface area (Å²) in [6.45, 7) is 0. The zero-order chi connectivity index (χ0) is 17.6. The molecule has 0 aliphatic carbocycles. The van der Waals surface area contributed by atoms with E-state index in [2.05, 4.69) is 16.4 Å². The van der Waals surface area contributed by atoms with E-state index in [1.54, 1.807) is 30.5 Å². The van der Waals surface area contributed by atoms with Gasteiger partial charge in [-0.05, 0) is 54.2 Å². The van der Waals surface area contributed by atoms with Crippen LogP contribution in [-0.2, 0) is 4.79 Å². The number of carbonyl (C=O) groups is 1. The molecule has 2 N–H and O–H groups in total. The van der Waals surface area contributed by atoms with Gasteiger partial charge in [0.1, 0.15) is 0 Å². The number of nitrogens with one attached hydrogen (secondary N) is 2. The van der Waals surface area contributed by atoms with E-state index in [0.717, 1.165) is 11.3 Å². The van der Waals surface area contributed by atoms with Gasteiger partial charge in [-0.1, -0.05) is 18.2 Å². The van der Waals surface area contributed by atoms with Gasteiger partial charge in [-0.25, -0.2) is 0 Å². The lowest BCUT2D eigenvalue weighted by atomic mass is 10.1. The van der Waals surface area contributed by atoms with E-state index in [1.165, 1.54) is 6.08 Å². The molecular formula is C19H14N4OS. The number of amides is 1. The van der Waals surface area contributed by atoms with Crippen LogP contribution in [0.3, 0.4) is 0 Å². The van der Waals surface area contributed by atoms with Gasteiger partial charge in [0.05, 0.1) is 11.6 Å². The van der Waals surface area contributed by atoms with Crippen LogP contribution in [0.15, 0.2) is 67.0 Å². The Morgan fingerprint density at radius 3 is 2.84 bits per heavy atom. The van der Waals surface area contributed by atoms with Gasteiger partial charge < -0.3 is 10.3 Å². The van der Waals surface area contributed by atoms with E-state index in [0.29, 0.717) is 16.0 Å². The van der Waals surface area contributed by atoms with Gasteiger partial charge in [-0.2, -0.15) is 5.26 Å². The number of nitrogens with zero attached hydrogens (tertiary/aromatic N) is 2. The predicted octanol–water partition coefficient (Wildman–Crippen LogP) is 4.06. The van der Waals surface area contributed by atoms with Gasteiger partial charge >= 0.3 is 0 Å².